The van der Waals surface area contributed by atoms with Crippen LogP contribution in [0.2, 0.25) is 0 Å². The topological polar surface area (TPSA) is 37.4 Å². The number of ether oxygens (including phenoxy) is 1. The van der Waals surface area contributed by atoms with E-state index < -0.39 is 0 Å². The zero-order chi connectivity index (χ0) is 15.4. The largest absolute Gasteiger partial charge is 0.496 e. The molecule has 1 aliphatic heterocycles. The van der Waals surface area contributed by atoms with Gasteiger partial charge in [-0.25, -0.2) is 0 Å². The molecular weight excluding hydrogens is 274 g/mol. The van der Waals surface area contributed by atoms with E-state index in [1.165, 1.54) is 16.7 Å². The quantitative estimate of drug-likeness (QED) is 0.940. The first-order chi connectivity index (χ1) is 10.8. The van der Waals surface area contributed by atoms with Crippen molar-refractivity contribution in [3.8, 4) is 5.75 Å². The van der Waals surface area contributed by atoms with Crippen molar-refractivity contribution in [1.82, 2.24) is 15.2 Å². The number of methoxy groups -OCH3 is 1. The highest BCUT2D eigenvalue weighted by Crippen LogP contribution is 2.35. The third kappa shape index (κ3) is 2.98. The van der Waals surface area contributed by atoms with Crippen LogP contribution in [0, 0.1) is 6.92 Å². The van der Waals surface area contributed by atoms with Crippen LogP contribution in [-0.4, -0.2) is 43.2 Å². The molecular formula is C18H23N3O. The molecule has 0 amide bonds. The second-order valence-electron chi connectivity index (χ2n) is 5.66. The van der Waals surface area contributed by atoms with E-state index in [1.54, 1.807) is 7.11 Å². The summed E-state index contributed by atoms with van der Waals surface area (Å²) >= 11 is 0. The van der Waals surface area contributed by atoms with Gasteiger partial charge in [-0.15, -0.1) is 0 Å². The van der Waals surface area contributed by atoms with E-state index in [4.69, 9.17) is 4.74 Å². The molecule has 22 heavy (non-hydrogen) atoms. The SMILES string of the molecule is COc1ccccc1C(c1ccncc1C)N1CCNCC1. The minimum atomic E-state index is 0.209. The van der Waals surface area contributed by atoms with Gasteiger partial charge < -0.3 is 10.1 Å². The number of aryl methyl sites for hydroxylation is 1. The molecule has 2 aromatic rings. The summed E-state index contributed by atoms with van der Waals surface area (Å²) < 4.78 is 5.62. The van der Waals surface area contributed by atoms with Gasteiger partial charge in [-0.2, -0.15) is 0 Å². The molecule has 1 N–H and O–H groups in total. The first-order valence-electron chi connectivity index (χ1n) is 7.79. The van der Waals surface area contributed by atoms with E-state index in [2.05, 4.69) is 40.3 Å². The molecule has 4 nitrogen and oxygen atoms in total. The number of hydrogen-bond donors (Lipinski definition) is 1. The lowest BCUT2D eigenvalue weighted by Crippen LogP contribution is -2.45. The Labute approximate surface area is 132 Å². The highest BCUT2D eigenvalue weighted by atomic mass is 16.5. The maximum atomic E-state index is 5.62. The van der Waals surface area contributed by atoms with Gasteiger partial charge in [-0.1, -0.05) is 18.2 Å². The van der Waals surface area contributed by atoms with E-state index in [1.807, 2.05) is 24.5 Å². The molecule has 1 unspecified atom stereocenters. The number of piperazine rings is 1. The van der Waals surface area contributed by atoms with Crippen LogP contribution < -0.4 is 10.1 Å². The van der Waals surface area contributed by atoms with Gasteiger partial charge in [0.1, 0.15) is 5.75 Å². The van der Waals surface area contributed by atoms with Crippen molar-refractivity contribution >= 4 is 0 Å². The number of nitrogens with zero attached hydrogens (tertiary/aromatic N) is 2. The molecule has 1 fully saturated rings. The maximum absolute atomic E-state index is 5.62. The Morgan fingerprint density at radius 3 is 2.64 bits per heavy atom. The number of hydrogen-bond acceptors (Lipinski definition) is 4. The molecule has 1 aliphatic rings. The molecule has 0 aliphatic carbocycles. The van der Waals surface area contributed by atoms with Crippen LogP contribution in [0.5, 0.6) is 5.75 Å². The molecule has 1 aromatic heterocycles. The molecule has 0 saturated carbocycles. The number of pyridine rings is 1. The average molecular weight is 297 g/mol. The van der Waals surface area contributed by atoms with Crippen LogP contribution in [0.15, 0.2) is 42.7 Å². The van der Waals surface area contributed by atoms with E-state index in [-0.39, 0.29) is 6.04 Å². The van der Waals surface area contributed by atoms with Crippen molar-refractivity contribution in [2.24, 2.45) is 0 Å². The monoisotopic (exact) mass is 297 g/mol. The normalized spacial score (nSPS) is 17.2. The number of nitrogens with one attached hydrogen (secondary N) is 1. The second-order valence-corrected chi connectivity index (χ2v) is 5.66. The van der Waals surface area contributed by atoms with Gasteiger partial charge >= 0.3 is 0 Å². The van der Waals surface area contributed by atoms with E-state index >= 15 is 0 Å². The number of para-hydroxylation sites is 1. The average Bonchev–Trinajstić information content (AvgIpc) is 2.58. The van der Waals surface area contributed by atoms with Crippen molar-refractivity contribution in [3.63, 3.8) is 0 Å². The molecule has 0 spiro atoms. The van der Waals surface area contributed by atoms with Crippen molar-refractivity contribution in [2.75, 3.05) is 33.3 Å². The lowest BCUT2D eigenvalue weighted by Gasteiger charge is -2.36. The van der Waals surface area contributed by atoms with Gasteiger partial charge in [-0.3, -0.25) is 9.88 Å². The Bertz CT molecular complexity index is 623. The third-order valence-corrected chi connectivity index (χ3v) is 4.31. The van der Waals surface area contributed by atoms with Crippen LogP contribution in [0.4, 0.5) is 0 Å². The molecule has 1 saturated heterocycles. The Morgan fingerprint density at radius 2 is 1.91 bits per heavy atom. The molecule has 1 atom stereocenters. The van der Waals surface area contributed by atoms with E-state index in [9.17, 15) is 0 Å². The summed E-state index contributed by atoms with van der Waals surface area (Å²) in [6.07, 6.45) is 3.83. The summed E-state index contributed by atoms with van der Waals surface area (Å²) in [5, 5.41) is 3.43. The third-order valence-electron chi connectivity index (χ3n) is 4.31. The Balaban J connectivity index is 2.08. The molecule has 2 heterocycles. The molecule has 3 rings (SSSR count). The van der Waals surface area contributed by atoms with Gasteiger partial charge in [0.05, 0.1) is 13.2 Å². The lowest BCUT2D eigenvalue weighted by atomic mass is 9.93. The highest BCUT2D eigenvalue weighted by Gasteiger charge is 2.27. The molecule has 4 heteroatoms. The van der Waals surface area contributed by atoms with Crippen LogP contribution in [-0.2, 0) is 0 Å². The van der Waals surface area contributed by atoms with Crippen molar-refractivity contribution < 1.29 is 4.74 Å². The predicted octanol–water partition coefficient (Wildman–Crippen LogP) is 2.39. The number of benzene rings is 1. The summed E-state index contributed by atoms with van der Waals surface area (Å²) in [5.41, 5.74) is 3.75. The molecule has 116 valence electrons. The van der Waals surface area contributed by atoms with Crippen LogP contribution in [0.3, 0.4) is 0 Å². The molecule has 0 bridgehead atoms. The van der Waals surface area contributed by atoms with Gasteiger partial charge in [-0.05, 0) is 30.2 Å². The fraction of sp³-hybridized carbons (Fsp3) is 0.389. The highest BCUT2D eigenvalue weighted by molar-refractivity contribution is 5.43. The molecule has 1 aromatic carbocycles. The fourth-order valence-electron chi connectivity index (χ4n) is 3.18. The summed E-state index contributed by atoms with van der Waals surface area (Å²) in [7, 11) is 1.74. The van der Waals surface area contributed by atoms with Crippen molar-refractivity contribution in [2.45, 2.75) is 13.0 Å². The summed E-state index contributed by atoms with van der Waals surface area (Å²) in [5.74, 6) is 0.947. The van der Waals surface area contributed by atoms with Gasteiger partial charge in [0.2, 0.25) is 0 Å². The number of rotatable bonds is 4. The smallest absolute Gasteiger partial charge is 0.123 e. The Morgan fingerprint density at radius 1 is 1.14 bits per heavy atom. The molecule has 0 radical (unpaired) electrons. The fourth-order valence-corrected chi connectivity index (χ4v) is 3.18. The Hall–Kier alpha value is -1.91. The first kappa shape index (κ1) is 15.0. The van der Waals surface area contributed by atoms with Crippen LogP contribution >= 0.6 is 0 Å². The van der Waals surface area contributed by atoms with Crippen molar-refractivity contribution in [1.29, 1.82) is 0 Å². The first-order valence-corrected chi connectivity index (χ1v) is 7.79. The van der Waals surface area contributed by atoms with E-state index in [0.29, 0.717) is 0 Å². The summed E-state index contributed by atoms with van der Waals surface area (Å²) in [4.78, 5) is 6.77. The zero-order valence-corrected chi connectivity index (χ0v) is 13.2. The van der Waals surface area contributed by atoms with Crippen LogP contribution in [0.25, 0.3) is 0 Å². The van der Waals surface area contributed by atoms with Crippen LogP contribution in [0.1, 0.15) is 22.7 Å². The standard InChI is InChI=1S/C18H23N3O/c1-14-13-20-8-7-15(14)18(21-11-9-19-10-12-21)16-5-3-4-6-17(16)22-2/h3-8,13,18-19H,9-12H2,1-2H3. The minimum absolute atomic E-state index is 0.209. The lowest BCUT2D eigenvalue weighted by molar-refractivity contribution is 0.195. The van der Waals surface area contributed by atoms with Crippen molar-refractivity contribution in [3.05, 3.63) is 59.4 Å². The summed E-state index contributed by atoms with van der Waals surface area (Å²) in [6, 6.07) is 10.7. The maximum Gasteiger partial charge on any atom is 0.123 e. The predicted molar refractivity (Wildman–Crippen MR) is 88.3 cm³/mol. The zero-order valence-electron chi connectivity index (χ0n) is 13.2. The van der Waals surface area contributed by atoms with Gasteiger partial charge in [0.25, 0.3) is 0 Å². The van der Waals surface area contributed by atoms with E-state index in [0.717, 1.165) is 31.9 Å². The van der Waals surface area contributed by atoms with Gasteiger partial charge in [0.15, 0.2) is 0 Å². The van der Waals surface area contributed by atoms with Gasteiger partial charge in [0, 0.05) is 44.1 Å². The second kappa shape index (κ2) is 6.90. The summed E-state index contributed by atoms with van der Waals surface area (Å²) in [6.45, 7) is 6.24. The Kier molecular flexibility index (Phi) is 4.71. The number of aromatic nitrogens is 1. The minimum Gasteiger partial charge on any atom is -0.496 e.